The van der Waals surface area contributed by atoms with Crippen LogP contribution in [0.2, 0.25) is 0 Å². The Morgan fingerprint density at radius 1 is 1.06 bits per heavy atom. The standard InChI is InChI=1S/C20H27N3.C4H6O6/c1-16(2)14-23(18-10-12-21-13-18)15-20-19(9-6-11-22-20)17-7-4-3-5-8-17;5-1(3(7)8)2(6)4(9)10/h3-9,11,16,18,21H,10,12-15H2,1-2H3;1-2,5-6H,(H,7,8)(H,9,10)/t18-;1-,2-/m01/s1. The average molecular weight is 460 g/mol. The van der Waals surface area contributed by atoms with Gasteiger partial charge in [0.05, 0.1) is 5.69 Å². The smallest absolute Gasteiger partial charge is 0.335 e. The highest BCUT2D eigenvalue weighted by Gasteiger charge is 2.29. The van der Waals surface area contributed by atoms with Gasteiger partial charge in [0, 0.05) is 37.4 Å². The zero-order valence-corrected chi connectivity index (χ0v) is 19.0. The monoisotopic (exact) mass is 459 g/mol. The van der Waals surface area contributed by atoms with Crippen molar-refractivity contribution in [1.82, 2.24) is 15.2 Å². The molecule has 0 spiro atoms. The van der Waals surface area contributed by atoms with Crippen molar-refractivity contribution in [3.63, 3.8) is 0 Å². The third-order valence-corrected chi connectivity index (χ3v) is 5.28. The molecule has 0 bridgehead atoms. The summed E-state index contributed by atoms with van der Waals surface area (Å²) in [7, 11) is 0. The number of hydrogen-bond donors (Lipinski definition) is 5. The second-order valence-corrected chi connectivity index (χ2v) is 8.40. The largest absolute Gasteiger partial charge is 0.479 e. The molecule has 0 saturated carbocycles. The minimum Gasteiger partial charge on any atom is -0.479 e. The molecule has 2 heterocycles. The molecule has 9 nitrogen and oxygen atoms in total. The Hall–Kier alpha value is -2.85. The van der Waals surface area contributed by atoms with Crippen LogP contribution in [-0.4, -0.2) is 80.1 Å². The lowest BCUT2D eigenvalue weighted by molar-refractivity contribution is -0.165. The summed E-state index contributed by atoms with van der Waals surface area (Å²) in [6.45, 7) is 8.87. The molecule has 0 amide bonds. The van der Waals surface area contributed by atoms with Gasteiger partial charge in [-0.1, -0.05) is 50.2 Å². The van der Waals surface area contributed by atoms with Crippen LogP contribution in [0.4, 0.5) is 0 Å². The molecular weight excluding hydrogens is 426 g/mol. The molecule has 2 aromatic rings. The van der Waals surface area contributed by atoms with Crippen LogP contribution < -0.4 is 5.32 Å². The molecular formula is C24H33N3O6. The number of nitrogens with zero attached hydrogens (tertiary/aromatic N) is 2. The van der Waals surface area contributed by atoms with Gasteiger partial charge in [-0.3, -0.25) is 9.88 Å². The van der Waals surface area contributed by atoms with Gasteiger partial charge in [-0.2, -0.15) is 0 Å². The van der Waals surface area contributed by atoms with Crippen molar-refractivity contribution in [3.8, 4) is 11.1 Å². The van der Waals surface area contributed by atoms with E-state index in [1.54, 1.807) is 0 Å². The number of hydrogen-bond acceptors (Lipinski definition) is 7. The molecule has 3 rings (SSSR count). The first-order valence-electron chi connectivity index (χ1n) is 11.0. The van der Waals surface area contributed by atoms with E-state index < -0.39 is 24.1 Å². The van der Waals surface area contributed by atoms with Gasteiger partial charge < -0.3 is 25.7 Å². The molecule has 5 N–H and O–H groups in total. The van der Waals surface area contributed by atoms with Crippen molar-refractivity contribution in [2.24, 2.45) is 5.92 Å². The molecule has 1 aliphatic rings. The fourth-order valence-corrected chi connectivity index (χ4v) is 3.67. The summed E-state index contributed by atoms with van der Waals surface area (Å²) in [6.07, 6.45) is -1.38. The first kappa shape index (κ1) is 26.4. The topological polar surface area (TPSA) is 143 Å². The summed E-state index contributed by atoms with van der Waals surface area (Å²) in [6, 6.07) is 15.5. The van der Waals surface area contributed by atoms with Crippen molar-refractivity contribution < 1.29 is 30.0 Å². The van der Waals surface area contributed by atoms with Crippen LogP contribution in [-0.2, 0) is 16.1 Å². The molecule has 1 fully saturated rings. The summed E-state index contributed by atoms with van der Waals surface area (Å²) >= 11 is 0. The van der Waals surface area contributed by atoms with Gasteiger partial charge in [-0.25, -0.2) is 9.59 Å². The zero-order chi connectivity index (χ0) is 24.4. The van der Waals surface area contributed by atoms with E-state index in [1.165, 1.54) is 23.2 Å². The number of carboxylic acid groups (broad SMARTS) is 2. The third-order valence-electron chi connectivity index (χ3n) is 5.28. The molecule has 0 aliphatic carbocycles. The highest BCUT2D eigenvalue weighted by atomic mass is 16.4. The van der Waals surface area contributed by atoms with Crippen molar-refractivity contribution in [3.05, 3.63) is 54.4 Å². The van der Waals surface area contributed by atoms with Gasteiger partial charge >= 0.3 is 11.9 Å². The molecule has 1 aromatic carbocycles. The van der Waals surface area contributed by atoms with Crippen LogP contribution in [0.15, 0.2) is 48.7 Å². The molecule has 0 radical (unpaired) electrons. The lowest BCUT2D eigenvalue weighted by atomic mass is 10.0. The Bertz CT molecular complexity index is 869. The lowest BCUT2D eigenvalue weighted by Gasteiger charge is -2.30. The Labute approximate surface area is 193 Å². The molecule has 1 saturated heterocycles. The third kappa shape index (κ3) is 8.21. The summed E-state index contributed by atoms with van der Waals surface area (Å²) in [5.74, 6) is -2.87. The molecule has 33 heavy (non-hydrogen) atoms. The average Bonchev–Trinajstić information content (AvgIpc) is 3.33. The summed E-state index contributed by atoms with van der Waals surface area (Å²) in [5.41, 5.74) is 3.70. The van der Waals surface area contributed by atoms with Gasteiger partial charge in [-0.15, -0.1) is 0 Å². The quantitative estimate of drug-likeness (QED) is 0.376. The number of aliphatic carboxylic acids is 2. The van der Waals surface area contributed by atoms with Crippen molar-refractivity contribution in [1.29, 1.82) is 0 Å². The van der Waals surface area contributed by atoms with E-state index in [0.29, 0.717) is 12.0 Å². The van der Waals surface area contributed by atoms with Crippen LogP contribution in [0.5, 0.6) is 0 Å². The molecule has 3 atom stereocenters. The number of pyridine rings is 1. The van der Waals surface area contributed by atoms with E-state index >= 15 is 0 Å². The predicted octanol–water partition coefficient (Wildman–Crippen LogP) is 1.45. The Kier molecular flexibility index (Phi) is 10.4. The molecule has 180 valence electrons. The number of benzene rings is 1. The minimum atomic E-state index is -2.27. The molecule has 1 aliphatic heterocycles. The van der Waals surface area contributed by atoms with Gasteiger partial charge in [-0.05, 0) is 30.5 Å². The van der Waals surface area contributed by atoms with E-state index in [-0.39, 0.29) is 0 Å². The first-order chi connectivity index (χ1) is 15.7. The van der Waals surface area contributed by atoms with E-state index in [2.05, 4.69) is 60.5 Å². The SMILES string of the molecule is CC(C)CN(Cc1ncccc1-c1ccccc1)[C@H]1CCNC1.O=C(O)[C@H](O)[C@@H](O)C(=O)O. The first-order valence-corrected chi connectivity index (χ1v) is 11.0. The van der Waals surface area contributed by atoms with E-state index in [4.69, 9.17) is 25.4 Å². The summed E-state index contributed by atoms with van der Waals surface area (Å²) < 4.78 is 0. The van der Waals surface area contributed by atoms with Crippen LogP contribution in [0, 0.1) is 5.92 Å². The van der Waals surface area contributed by atoms with Gasteiger partial charge in [0.2, 0.25) is 0 Å². The highest BCUT2D eigenvalue weighted by Crippen LogP contribution is 2.24. The number of carbonyl (C=O) groups is 2. The number of aliphatic hydroxyl groups is 2. The summed E-state index contributed by atoms with van der Waals surface area (Å²) in [4.78, 5) is 26.9. The minimum absolute atomic E-state index is 0.628. The number of rotatable bonds is 9. The molecule has 0 unspecified atom stereocenters. The van der Waals surface area contributed by atoms with E-state index in [1.807, 2.05) is 12.3 Å². The Morgan fingerprint density at radius 3 is 2.21 bits per heavy atom. The van der Waals surface area contributed by atoms with Crippen LogP contribution >= 0.6 is 0 Å². The predicted molar refractivity (Wildman–Crippen MR) is 123 cm³/mol. The molecule has 9 heteroatoms. The van der Waals surface area contributed by atoms with Crippen molar-refractivity contribution >= 4 is 11.9 Å². The fourth-order valence-electron chi connectivity index (χ4n) is 3.67. The maximum atomic E-state index is 9.77. The van der Waals surface area contributed by atoms with E-state index in [9.17, 15) is 9.59 Å². The Morgan fingerprint density at radius 2 is 1.70 bits per heavy atom. The normalized spacial score (nSPS) is 17.3. The van der Waals surface area contributed by atoms with Gasteiger partial charge in [0.25, 0.3) is 0 Å². The summed E-state index contributed by atoms with van der Waals surface area (Å²) in [5, 5.41) is 36.0. The van der Waals surface area contributed by atoms with Crippen molar-refractivity contribution in [2.75, 3.05) is 19.6 Å². The lowest BCUT2D eigenvalue weighted by Crippen LogP contribution is -2.39. The van der Waals surface area contributed by atoms with Crippen molar-refractivity contribution in [2.45, 2.75) is 45.1 Å². The second kappa shape index (κ2) is 13.0. The van der Waals surface area contributed by atoms with Gasteiger partial charge in [0.1, 0.15) is 0 Å². The van der Waals surface area contributed by atoms with Crippen LogP contribution in [0.1, 0.15) is 26.0 Å². The zero-order valence-electron chi connectivity index (χ0n) is 19.0. The maximum Gasteiger partial charge on any atom is 0.335 e. The highest BCUT2D eigenvalue weighted by molar-refractivity contribution is 5.83. The fraction of sp³-hybridized carbons (Fsp3) is 0.458. The Balaban J connectivity index is 0.000000328. The number of aromatic nitrogens is 1. The number of carboxylic acids is 2. The maximum absolute atomic E-state index is 9.77. The van der Waals surface area contributed by atoms with Crippen LogP contribution in [0.3, 0.4) is 0 Å². The molecule has 1 aromatic heterocycles. The van der Waals surface area contributed by atoms with E-state index in [0.717, 1.165) is 26.2 Å². The van der Waals surface area contributed by atoms with Crippen LogP contribution in [0.25, 0.3) is 11.1 Å². The number of nitrogens with one attached hydrogen (secondary N) is 1. The number of aliphatic hydroxyl groups excluding tert-OH is 2. The second-order valence-electron chi connectivity index (χ2n) is 8.40. The van der Waals surface area contributed by atoms with Gasteiger partial charge in [0.15, 0.2) is 12.2 Å².